The van der Waals surface area contributed by atoms with Gasteiger partial charge in [-0.25, -0.2) is 8.78 Å². The van der Waals surface area contributed by atoms with Crippen molar-refractivity contribution < 1.29 is 22.0 Å². The van der Waals surface area contributed by atoms with E-state index in [1.807, 2.05) is 0 Å². The normalized spacial score (nSPS) is 17.4. The number of nitrogens with zero attached hydrogens (tertiary/aromatic N) is 1. The first kappa shape index (κ1) is 21.9. The maximum Gasteiger partial charge on any atom is 0.408 e. The lowest BCUT2D eigenvalue weighted by atomic mass is 10.0. The minimum Gasteiger partial charge on any atom is -0.314 e. The van der Waals surface area contributed by atoms with Crippen LogP contribution in [0.4, 0.5) is 22.0 Å². The molecule has 1 aliphatic rings. The minimum atomic E-state index is -4.75. The Balaban J connectivity index is 0.00000220. The first-order valence-corrected chi connectivity index (χ1v) is 6.76. The Morgan fingerprint density at radius 1 is 1.09 bits per heavy atom. The number of piperazine rings is 1. The summed E-state index contributed by atoms with van der Waals surface area (Å²) in [4.78, 5) is 1.05. The van der Waals surface area contributed by atoms with Crippen LogP contribution in [0.3, 0.4) is 0 Å². The largest absolute Gasteiger partial charge is 0.408 e. The molecule has 1 N–H and O–H groups in total. The third-order valence-electron chi connectivity index (χ3n) is 3.18. The lowest BCUT2D eigenvalue weighted by molar-refractivity contribution is -0.189. The monoisotopic (exact) mass is 430 g/mol. The van der Waals surface area contributed by atoms with Crippen molar-refractivity contribution in [2.75, 3.05) is 26.2 Å². The van der Waals surface area contributed by atoms with Crippen molar-refractivity contribution in [1.29, 1.82) is 0 Å². The van der Waals surface area contributed by atoms with Crippen LogP contribution in [0.2, 0.25) is 0 Å². The molecule has 1 aliphatic heterocycles. The summed E-state index contributed by atoms with van der Waals surface area (Å²) in [6, 6.07) is -0.384. The Hall–Kier alpha value is -0.150. The van der Waals surface area contributed by atoms with E-state index >= 15 is 0 Å². The number of halogens is 8. The molecule has 0 spiro atoms. The summed E-state index contributed by atoms with van der Waals surface area (Å²) in [5, 5.41) is 2.91. The van der Waals surface area contributed by atoms with Crippen LogP contribution in [0, 0.1) is 11.6 Å². The van der Waals surface area contributed by atoms with Gasteiger partial charge in [0.25, 0.3) is 0 Å². The minimum absolute atomic E-state index is 0. The summed E-state index contributed by atoms with van der Waals surface area (Å²) < 4.78 is 67.4. The molecule has 1 atom stereocenters. The topological polar surface area (TPSA) is 15.3 Å². The quantitative estimate of drug-likeness (QED) is 0.560. The SMILES string of the molecule is Cl.Cl.Fc1ccc(Br)c(F)c1[C@H](N1CCNCC1)C(F)(F)F. The van der Waals surface area contributed by atoms with Crippen LogP contribution in [0.25, 0.3) is 0 Å². The fourth-order valence-corrected chi connectivity index (χ4v) is 2.63. The van der Waals surface area contributed by atoms with Gasteiger partial charge in [0.05, 0.1) is 10.0 Å². The second kappa shape index (κ2) is 8.63. The summed E-state index contributed by atoms with van der Waals surface area (Å²) in [5.74, 6) is -2.39. The van der Waals surface area contributed by atoms with Crippen LogP contribution >= 0.6 is 40.7 Å². The van der Waals surface area contributed by atoms with E-state index < -0.39 is 29.4 Å². The predicted molar refractivity (Wildman–Crippen MR) is 81.8 cm³/mol. The molecule has 0 aromatic heterocycles. The highest BCUT2D eigenvalue weighted by Gasteiger charge is 2.47. The van der Waals surface area contributed by atoms with E-state index in [2.05, 4.69) is 21.2 Å². The molecule has 2 rings (SSSR count). The fraction of sp³-hybridized carbons (Fsp3) is 0.500. The highest BCUT2D eigenvalue weighted by atomic mass is 79.9. The average molecular weight is 432 g/mol. The second-order valence-electron chi connectivity index (χ2n) is 4.49. The van der Waals surface area contributed by atoms with Gasteiger partial charge in [0.2, 0.25) is 0 Å². The molecular formula is C12H14BrCl2F5N2. The molecule has 0 aliphatic carbocycles. The van der Waals surface area contributed by atoms with Gasteiger partial charge in [0.15, 0.2) is 0 Å². The number of nitrogens with one attached hydrogen (secondary N) is 1. The lowest BCUT2D eigenvalue weighted by Gasteiger charge is -2.36. The molecule has 0 amide bonds. The van der Waals surface area contributed by atoms with Crippen molar-refractivity contribution in [3.8, 4) is 0 Å². The zero-order chi connectivity index (χ0) is 14.9. The van der Waals surface area contributed by atoms with Crippen molar-refractivity contribution in [2.45, 2.75) is 12.2 Å². The summed E-state index contributed by atoms with van der Waals surface area (Å²) in [6.07, 6.45) is -4.75. The molecule has 0 radical (unpaired) electrons. The van der Waals surface area contributed by atoms with E-state index in [0.717, 1.165) is 17.0 Å². The Labute approximate surface area is 145 Å². The second-order valence-corrected chi connectivity index (χ2v) is 5.34. The van der Waals surface area contributed by atoms with E-state index in [1.54, 1.807) is 0 Å². The van der Waals surface area contributed by atoms with Crippen LogP contribution in [0.1, 0.15) is 11.6 Å². The summed E-state index contributed by atoms with van der Waals surface area (Å²) in [7, 11) is 0. The van der Waals surface area contributed by atoms with Crippen LogP contribution in [-0.4, -0.2) is 37.3 Å². The van der Waals surface area contributed by atoms with Gasteiger partial charge in [-0.2, -0.15) is 13.2 Å². The van der Waals surface area contributed by atoms with E-state index in [0.29, 0.717) is 13.1 Å². The lowest BCUT2D eigenvalue weighted by Crippen LogP contribution is -2.49. The third kappa shape index (κ3) is 4.67. The van der Waals surface area contributed by atoms with Gasteiger partial charge in [-0.1, -0.05) is 0 Å². The van der Waals surface area contributed by atoms with Crippen molar-refractivity contribution >= 4 is 40.7 Å². The van der Waals surface area contributed by atoms with E-state index in [-0.39, 0.29) is 42.4 Å². The molecular weight excluding hydrogens is 418 g/mol. The predicted octanol–water partition coefficient (Wildman–Crippen LogP) is 4.08. The van der Waals surface area contributed by atoms with Gasteiger partial charge in [-0.05, 0) is 28.1 Å². The van der Waals surface area contributed by atoms with E-state index in [1.165, 1.54) is 0 Å². The standard InChI is InChI=1S/C12H12BrF5N2.2ClH/c13-7-1-2-8(14)9(10(7)15)11(12(16,17)18)20-5-3-19-4-6-20;;/h1-2,11,19H,3-6H2;2*1H/t11-;;/m0../s1. The highest BCUT2D eigenvalue weighted by Crippen LogP contribution is 2.41. The van der Waals surface area contributed by atoms with Crippen molar-refractivity contribution in [1.82, 2.24) is 10.2 Å². The molecule has 1 heterocycles. The maximum absolute atomic E-state index is 14.0. The van der Waals surface area contributed by atoms with Crippen molar-refractivity contribution in [3.63, 3.8) is 0 Å². The summed E-state index contributed by atoms with van der Waals surface area (Å²) in [5.41, 5.74) is -0.950. The molecule has 0 saturated carbocycles. The van der Waals surface area contributed by atoms with Crippen LogP contribution in [-0.2, 0) is 0 Å². The maximum atomic E-state index is 14.0. The highest BCUT2D eigenvalue weighted by molar-refractivity contribution is 9.10. The van der Waals surface area contributed by atoms with Gasteiger partial charge >= 0.3 is 6.18 Å². The van der Waals surface area contributed by atoms with Gasteiger partial charge < -0.3 is 5.32 Å². The fourth-order valence-electron chi connectivity index (χ4n) is 2.29. The number of alkyl halides is 3. The molecule has 128 valence electrons. The van der Waals surface area contributed by atoms with E-state index in [4.69, 9.17) is 0 Å². The van der Waals surface area contributed by atoms with Crippen molar-refractivity contribution in [3.05, 3.63) is 33.8 Å². The molecule has 10 heteroatoms. The molecule has 1 aromatic rings. The van der Waals surface area contributed by atoms with Crippen LogP contribution in [0.5, 0.6) is 0 Å². The summed E-state index contributed by atoms with van der Waals surface area (Å²) >= 11 is 2.80. The molecule has 1 saturated heterocycles. The third-order valence-corrected chi connectivity index (χ3v) is 3.79. The molecule has 1 aromatic carbocycles. The molecule has 2 nitrogen and oxygen atoms in total. The Kier molecular flexibility index (Phi) is 8.57. The zero-order valence-electron chi connectivity index (χ0n) is 11.1. The average Bonchev–Trinajstić information content (AvgIpc) is 2.39. The zero-order valence-corrected chi connectivity index (χ0v) is 14.3. The van der Waals surface area contributed by atoms with Gasteiger partial charge in [-0.3, -0.25) is 4.90 Å². The number of rotatable bonds is 2. The molecule has 22 heavy (non-hydrogen) atoms. The molecule has 0 bridgehead atoms. The molecule has 1 fully saturated rings. The first-order chi connectivity index (χ1) is 9.32. The van der Waals surface area contributed by atoms with Crippen LogP contribution < -0.4 is 5.32 Å². The van der Waals surface area contributed by atoms with Gasteiger partial charge in [0, 0.05) is 26.2 Å². The molecule has 0 unspecified atom stereocenters. The van der Waals surface area contributed by atoms with Gasteiger partial charge in [-0.15, -0.1) is 24.8 Å². The van der Waals surface area contributed by atoms with Gasteiger partial charge in [0.1, 0.15) is 17.7 Å². The first-order valence-electron chi connectivity index (χ1n) is 5.97. The Morgan fingerprint density at radius 3 is 2.14 bits per heavy atom. The van der Waals surface area contributed by atoms with E-state index in [9.17, 15) is 22.0 Å². The van der Waals surface area contributed by atoms with Crippen molar-refractivity contribution in [2.24, 2.45) is 0 Å². The number of hydrogen-bond acceptors (Lipinski definition) is 2. The number of hydrogen-bond donors (Lipinski definition) is 1. The summed E-state index contributed by atoms with van der Waals surface area (Å²) in [6.45, 7) is 0.860. The van der Waals surface area contributed by atoms with Crippen LogP contribution in [0.15, 0.2) is 16.6 Å². The number of benzene rings is 1. The Morgan fingerprint density at radius 2 is 1.64 bits per heavy atom. The Bertz CT molecular complexity index is 495. The smallest absolute Gasteiger partial charge is 0.314 e.